The summed E-state index contributed by atoms with van der Waals surface area (Å²) in [6, 6.07) is 14.1. The zero-order chi connectivity index (χ0) is 20.3. The number of hydrogen-bond donors (Lipinski definition) is 3. The van der Waals surface area contributed by atoms with Crippen molar-refractivity contribution in [2.45, 2.75) is 11.8 Å². The molecule has 0 saturated carbocycles. The van der Waals surface area contributed by atoms with Crippen molar-refractivity contribution in [2.24, 2.45) is 0 Å². The minimum Gasteiger partial charge on any atom is -0.328 e. The third kappa shape index (κ3) is 4.16. The number of amides is 1. The number of sulfonamides is 1. The molecule has 9 heteroatoms. The van der Waals surface area contributed by atoms with Crippen molar-refractivity contribution in [3.05, 3.63) is 88.1 Å². The first kappa shape index (κ1) is 19.5. The molecule has 0 fully saturated rings. The van der Waals surface area contributed by atoms with E-state index in [4.69, 9.17) is 0 Å². The van der Waals surface area contributed by atoms with Crippen molar-refractivity contribution >= 4 is 15.9 Å². The lowest BCUT2D eigenvalue weighted by atomic mass is 9.99. The Morgan fingerprint density at radius 2 is 1.75 bits per heavy atom. The lowest BCUT2D eigenvalue weighted by Crippen LogP contribution is -2.42. The van der Waals surface area contributed by atoms with Crippen molar-refractivity contribution in [3.8, 4) is 11.1 Å². The van der Waals surface area contributed by atoms with Crippen LogP contribution in [-0.2, 0) is 10.0 Å². The summed E-state index contributed by atoms with van der Waals surface area (Å²) < 4.78 is 38.8. The maximum Gasteiger partial charge on any atom is 0.269 e. The minimum absolute atomic E-state index is 0.245. The number of nitrogens with one attached hydrogen (secondary N) is 3. The predicted octanol–water partition coefficient (Wildman–Crippen LogP) is 2.11. The largest absolute Gasteiger partial charge is 0.328 e. The Balaban J connectivity index is 1.85. The number of hydrazine groups is 1. The van der Waals surface area contributed by atoms with Gasteiger partial charge in [-0.15, -0.1) is 4.83 Å². The van der Waals surface area contributed by atoms with Gasteiger partial charge in [-0.05, 0) is 41.8 Å². The molecule has 2 aromatic carbocycles. The van der Waals surface area contributed by atoms with Gasteiger partial charge in [0.05, 0.1) is 10.5 Å². The second kappa shape index (κ2) is 7.75. The number of pyridine rings is 1. The lowest BCUT2D eigenvalue weighted by molar-refractivity contribution is 0.0941. The molecule has 28 heavy (non-hydrogen) atoms. The van der Waals surface area contributed by atoms with Crippen molar-refractivity contribution in [1.29, 1.82) is 0 Å². The van der Waals surface area contributed by atoms with E-state index >= 15 is 0 Å². The molecule has 0 aliphatic carbocycles. The molecule has 1 aromatic heterocycles. The van der Waals surface area contributed by atoms with E-state index < -0.39 is 27.3 Å². The number of halogens is 1. The third-order valence-corrected chi connectivity index (χ3v) is 5.22. The number of aromatic nitrogens is 1. The fourth-order valence-electron chi connectivity index (χ4n) is 2.54. The van der Waals surface area contributed by atoms with Crippen molar-refractivity contribution in [1.82, 2.24) is 15.2 Å². The number of hydrogen-bond acceptors (Lipinski definition) is 4. The van der Waals surface area contributed by atoms with Gasteiger partial charge in [-0.25, -0.2) is 12.8 Å². The molecule has 0 bridgehead atoms. The molecule has 0 aliphatic rings. The van der Waals surface area contributed by atoms with E-state index in [1.165, 1.54) is 13.0 Å². The summed E-state index contributed by atoms with van der Waals surface area (Å²) in [7, 11) is -4.14. The van der Waals surface area contributed by atoms with Gasteiger partial charge in [0.25, 0.3) is 15.9 Å². The molecule has 3 aromatic rings. The Kier molecular flexibility index (Phi) is 5.39. The van der Waals surface area contributed by atoms with Crippen LogP contribution in [0, 0.1) is 12.7 Å². The Morgan fingerprint density at radius 3 is 2.39 bits per heavy atom. The number of aromatic amines is 1. The molecule has 0 atom stereocenters. The number of aryl methyl sites for hydroxylation is 1. The van der Waals surface area contributed by atoms with Crippen LogP contribution in [0.25, 0.3) is 11.1 Å². The SMILES string of the molecule is Cc1cc(-c2ccccc2)cc(C(=O)NNS(=O)(=O)c2ccc(=O)[nH]c2)c1F. The Bertz CT molecular complexity index is 1170. The van der Waals surface area contributed by atoms with Gasteiger partial charge < -0.3 is 4.98 Å². The standard InChI is InChI=1S/C19H16FN3O4S/c1-12-9-14(13-5-3-2-4-6-13)10-16(18(12)20)19(25)22-23-28(26,27)15-7-8-17(24)21-11-15/h2-11,23H,1H3,(H,21,24)(H,22,25). The van der Waals surface area contributed by atoms with Crippen LogP contribution in [0.2, 0.25) is 0 Å². The molecule has 0 saturated heterocycles. The highest BCUT2D eigenvalue weighted by Gasteiger charge is 2.19. The smallest absolute Gasteiger partial charge is 0.269 e. The number of carbonyl (C=O) groups excluding carboxylic acids is 1. The van der Waals surface area contributed by atoms with Gasteiger partial charge in [-0.1, -0.05) is 30.3 Å². The molecular weight excluding hydrogens is 385 g/mol. The monoisotopic (exact) mass is 401 g/mol. The van der Waals surface area contributed by atoms with E-state index in [0.717, 1.165) is 23.9 Å². The first-order valence-electron chi connectivity index (χ1n) is 8.14. The molecule has 144 valence electrons. The van der Waals surface area contributed by atoms with Crippen LogP contribution in [-0.4, -0.2) is 19.3 Å². The average Bonchev–Trinajstić information content (AvgIpc) is 2.69. The van der Waals surface area contributed by atoms with E-state index in [1.54, 1.807) is 6.07 Å². The predicted molar refractivity (Wildman–Crippen MR) is 101 cm³/mol. The molecule has 3 N–H and O–H groups in total. The molecule has 0 unspecified atom stereocenters. The van der Waals surface area contributed by atoms with E-state index in [-0.39, 0.29) is 16.0 Å². The maximum atomic E-state index is 14.5. The Hall–Kier alpha value is -3.30. The van der Waals surface area contributed by atoms with E-state index in [1.807, 2.05) is 40.6 Å². The Labute approximate surface area is 160 Å². The molecule has 7 nitrogen and oxygen atoms in total. The van der Waals surface area contributed by atoms with Crippen molar-refractivity contribution in [3.63, 3.8) is 0 Å². The first-order chi connectivity index (χ1) is 13.3. The number of H-pyrrole nitrogens is 1. The first-order valence-corrected chi connectivity index (χ1v) is 9.63. The van der Waals surface area contributed by atoms with Gasteiger partial charge in [-0.3, -0.25) is 15.0 Å². The topological polar surface area (TPSA) is 108 Å². The van der Waals surface area contributed by atoms with Crippen LogP contribution in [0.5, 0.6) is 0 Å². The van der Waals surface area contributed by atoms with Crippen LogP contribution in [0.15, 0.2) is 70.5 Å². The summed E-state index contributed by atoms with van der Waals surface area (Å²) in [5.41, 5.74) is 2.86. The molecule has 0 spiro atoms. The third-order valence-electron chi connectivity index (χ3n) is 3.97. The van der Waals surface area contributed by atoms with Crippen LogP contribution in [0.3, 0.4) is 0 Å². The van der Waals surface area contributed by atoms with E-state index in [9.17, 15) is 22.4 Å². The van der Waals surface area contributed by atoms with Gasteiger partial charge >= 0.3 is 0 Å². The molecule has 1 heterocycles. The summed E-state index contributed by atoms with van der Waals surface area (Å²) in [5, 5.41) is 0. The number of rotatable bonds is 5. The Morgan fingerprint density at radius 1 is 1.04 bits per heavy atom. The van der Waals surface area contributed by atoms with Crippen LogP contribution < -0.4 is 15.8 Å². The van der Waals surface area contributed by atoms with Gasteiger partial charge in [-0.2, -0.15) is 0 Å². The highest BCUT2D eigenvalue weighted by Crippen LogP contribution is 2.24. The lowest BCUT2D eigenvalue weighted by Gasteiger charge is -2.12. The summed E-state index contributed by atoms with van der Waals surface area (Å²) in [4.78, 5) is 27.3. The van der Waals surface area contributed by atoms with Crippen molar-refractivity contribution < 1.29 is 17.6 Å². The van der Waals surface area contributed by atoms with E-state index in [2.05, 4.69) is 4.98 Å². The second-order valence-corrected chi connectivity index (χ2v) is 7.65. The minimum atomic E-state index is -4.14. The molecular formula is C19H16FN3O4S. The zero-order valence-corrected chi connectivity index (χ0v) is 15.5. The fraction of sp³-hybridized carbons (Fsp3) is 0.0526. The number of benzene rings is 2. The van der Waals surface area contributed by atoms with Gasteiger partial charge in [0.1, 0.15) is 5.82 Å². The molecule has 0 radical (unpaired) electrons. The van der Waals surface area contributed by atoms with Crippen molar-refractivity contribution in [2.75, 3.05) is 0 Å². The van der Waals surface area contributed by atoms with Crippen LogP contribution in [0.1, 0.15) is 15.9 Å². The highest BCUT2D eigenvalue weighted by atomic mass is 32.2. The number of carbonyl (C=O) groups is 1. The highest BCUT2D eigenvalue weighted by molar-refractivity contribution is 7.89. The molecule has 0 aliphatic heterocycles. The van der Waals surface area contributed by atoms with Gasteiger partial charge in [0.2, 0.25) is 5.56 Å². The zero-order valence-electron chi connectivity index (χ0n) is 14.7. The average molecular weight is 401 g/mol. The van der Waals surface area contributed by atoms with Crippen LogP contribution >= 0.6 is 0 Å². The summed E-state index contributed by atoms with van der Waals surface area (Å²) in [6.45, 7) is 1.52. The van der Waals surface area contributed by atoms with Crippen LogP contribution in [0.4, 0.5) is 4.39 Å². The van der Waals surface area contributed by atoms with E-state index in [0.29, 0.717) is 5.56 Å². The molecule has 1 amide bonds. The van der Waals surface area contributed by atoms with Gasteiger partial charge in [0.15, 0.2) is 0 Å². The summed E-state index contributed by atoms with van der Waals surface area (Å²) in [6.07, 6.45) is 0.984. The second-order valence-electron chi connectivity index (χ2n) is 5.97. The maximum absolute atomic E-state index is 14.5. The normalized spacial score (nSPS) is 11.2. The fourth-order valence-corrected chi connectivity index (χ4v) is 3.34. The quantitative estimate of drug-likeness (QED) is 0.569. The summed E-state index contributed by atoms with van der Waals surface area (Å²) in [5.74, 6) is -1.70. The summed E-state index contributed by atoms with van der Waals surface area (Å²) >= 11 is 0. The van der Waals surface area contributed by atoms with Gasteiger partial charge in [0, 0.05) is 12.3 Å². The molecule has 3 rings (SSSR count).